The smallest absolute Gasteiger partial charge is 0.136 e. The Labute approximate surface area is 373 Å². The van der Waals surface area contributed by atoms with E-state index < -0.39 is 0 Å². The summed E-state index contributed by atoms with van der Waals surface area (Å²) in [6, 6.07) is 74.0. The average molecular weight is 820 g/mol. The fourth-order valence-electron chi connectivity index (χ4n) is 11.5. The third-order valence-corrected chi connectivity index (χ3v) is 14.6. The van der Waals surface area contributed by atoms with Crippen molar-refractivity contribution in [2.45, 2.75) is 38.5 Å². The highest BCUT2D eigenvalue weighted by molar-refractivity contribution is 6.08. The van der Waals surface area contributed by atoms with E-state index >= 15 is 0 Å². The number of furan rings is 1. The van der Waals surface area contributed by atoms with Gasteiger partial charge in [-0.05, 0) is 143 Å². The fourth-order valence-corrected chi connectivity index (χ4v) is 11.5. The minimum Gasteiger partial charge on any atom is -0.456 e. The summed E-state index contributed by atoms with van der Waals surface area (Å²) in [6.07, 6.45) is 0. The van der Waals surface area contributed by atoms with Gasteiger partial charge in [-0.2, -0.15) is 0 Å². The van der Waals surface area contributed by atoms with Gasteiger partial charge in [0.1, 0.15) is 11.2 Å². The molecular weight excluding hydrogens is 775 g/mol. The van der Waals surface area contributed by atoms with Crippen molar-refractivity contribution in [3.63, 3.8) is 0 Å². The van der Waals surface area contributed by atoms with Gasteiger partial charge < -0.3 is 9.32 Å². The van der Waals surface area contributed by atoms with Crippen LogP contribution in [0.2, 0.25) is 0 Å². The Kier molecular flexibility index (Phi) is 7.74. The standard InChI is InChI=1S/C62H45NO/c1-61(2)55-35-46(29-33-49(55)53-37-58-54(36-56(53)61)50-16-10-11-17-57(50)64-58)63(44-26-22-41(23-27-44)40-20-18-39(19-21-40)38-12-6-5-7-13-38)45-28-32-48-43(34-45)25-31-52-51-30-24-42-14-8-9-15-47(42)59(51)62(3,4)60(48)52/h5-37H,1-4H3. The molecule has 0 aliphatic heterocycles. The van der Waals surface area contributed by atoms with Crippen LogP contribution in [0.15, 0.2) is 205 Å². The molecular formula is C62H45NO. The second kappa shape index (κ2) is 13.4. The van der Waals surface area contributed by atoms with Crippen LogP contribution < -0.4 is 4.90 Å². The molecule has 1 aromatic heterocycles. The zero-order valence-electron chi connectivity index (χ0n) is 36.4. The number of hydrogen-bond acceptors (Lipinski definition) is 2. The van der Waals surface area contributed by atoms with Crippen LogP contribution in [-0.2, 0) is 10.8 Å². The topological polar surface area (TPSA) is 16.4 Å². The van der Waals surface area contributed by atoms with Crippen LogP contribution in [0, 0.1) is 0 Å². The molecule has 0 atom stereocenters. The Bertz CT molecular complexity index is 3700. The summed E-state index contributed by atoms with van der Waals surface area (Å²) in [5, 5.41) is 7.53. The first-order valence-electron chi connectivity index (χ1n) is 22.5. The van der Waals surface area contributed by atoms with Crippen molar-refractivity contribution in [3.8, 4) is 44.5 Å². The number of anilines is 3. The Morgan fingerprint density at radius 3 is 1.59 bits per heavy atom. The SMILES string of the molecule is CC1(C)c2cc(N(c3ccc(-c4ccc(-c5ccccc5)cc4)cc3)c3ccc4c5c(ccc4c3)-c3ccc4ccccc4c3C5(C)C)ccc2-c2cc3oc4ccccc4c3cc21. The van der Waals surface area contributed by atoms with Gasteiger partial charge in [0, 0.05) is 38.7 Å². The Hall–Kier alpha value is -7.68. The van der Waals surface area contributed by atoms with Gasteiger partial charge in [0.25, 0.3) is 0 Å². The van der Waals surface area contributed by atoms with Crippen LogP contribution in [0.3, 0.4) is 0 Å². The molecule has 0 spiro atoms. The average Bonchev–Trinajstić information content (AvgIpc) is 3.90. The van der Waals surface area contributed by atoms with Gasteiger partial charge in [0.2, 0.25) is 0 Å². The van der Waals surface area contributed by atoms with Gasteiger partial charge in [0.15, 0.2) is 0 Å². The molecule has 0 bridgehead atoms. The van der Waals surface area contributed by atoms with E-state index in [2.05, 4.69) is 227 Å². The number of benzene rings is 10. The van der Waals surface area contributed by atoms with E-state index in [9.17, 15) is 0 Å². The predicted octanol–water partition coefficient (Wildman–Crippen LogP) is 17.3. The van der Waals surface area contributed by atoms with Crippen molar-refractivity contribution in [2.24, 2.45) is 0 Å². The van der Waals surface area contributed by atoms with Gasteiger partial charge in [0.05, 0.1) is 0 Å². The second-order valence-electron chi connectivity index (χ2n) is 18.9. The number of para-hydroxylation sites is 1. The van der Waals surface area contributed by atoms with Crippen molar-refractivity contribution in [2.75, 3.05) is 4.90 Å². The molecule has 0 saturated carbocycles. The summed E-state index contributed by atoms with van der Waals surface area (Å²) in [5.41, 5.74) is 20.4. The quantitative estimate of drug-likeness (QED) is 0.172. The summed E-state index contributed by atoms with van der Waals surface area (Å²) in [6.45, 7) is 9.56. The molecule has 1 heterocycles. The van der Waals surface area contributed by atoms with E-state index in [1.165, 1.54) is 93.7 Å². The van der Waals surface area contributed by atoms with Gasteiger partial charge >= 0.3 is 0 Å². The lowest BCUT2D eigenvalue weighted by molar-refractivity contribution is 0.658. The normalized spacial score (nSPS) is 14.2. The maximum Gasteiger partial charge on any atom is 0.136 e. The van der Waals surface area contributed by atoms with Crippen molar-refractivity contribution < 1.29 is 4.42 Å². The monoisotopic (exact) mass is 819 g/mol. The van der Waals surface area contributed by atoms with E-state index in [1.54, 1.807) is 0 Å². The Morgan fingerprint density at radius 1 is 0.328 bits per heavy atom. The number of fused-ring (bicyclic) bond motifs is 13. The summed E-state index contributed by atoms with van der Waals surface area (Å²) in [7, 11) is 0. The molecule has 2 heteroatoms. The summed E-state index contributed by atoms with van der Waals surface area (Å²) < 4.78 is 6.41. The second-order valence-corrected chi connectivity index (χ2v) is 18.9. The lowest BCUT2D eigenvalue weighted by Gasteiger charge is -2.29. The van der Waals surface area contributed by atoms with E-state index in [4.69, 9.17) is 4.42 Å². The molecule has 2 aliphatic carbocycles. The number of nitrogens with zero attached hydrogens (tertiary/aromatic N) is 1. The van der Waals surface area contributed by atoms with Crippen LogP contribution in [0.5, 0.6) is 0 Å². The van der Waals surface area contributed by atoms with Crippen LogP contribution >= 0.6 is 0 Å². The molecule has 64 heavy (non-hydrogen) atoms. The maximum atomic E-state index is 6.41. The first-order chi connectivity index (χ1) is 31.2. The van der Waals surface area contributed by atoms with Gasteiger partial charge in [-0.3, -0.25) is 0 Å². The molecule has 2 aliphatic rings. The molecule has 0 unspecified atom stereocenters. The van der Waals surface area contributed by atoms with Crippen molar-refractivity contribution >= 4 is 60.5 Å². The van der Waals surface area contributed by atoms with Crippen LogP contribution in [-0.4, -0.2) is 0 Å². The van der Waals surface area contributed by atoms with Crippen molar-refractivity contribution in [1.82, 2.24) is 0 Å². The largest absolute Gasteiger partial charge is 0.456 e. The summed E-state index contributed by atoms with van der Waals surface area (Å²) in [4.78, 5) is 2.45. The molecule has 304 valence electrons. The highest BCUT2D eigenvalue weighted by Crippen LogP contribution is 2.55. The van der Waals surface area contributed by atoms with Crippen LogP contribution in [0.1, 0.15) is 49.9 Å². The van der Waals surface area contributed by atoms with Crippen molar-refractivity contribution in [1.29, 1.82) is 0 Å². The van der Waals surface area contributed by atoms with Gasteiger partial charge in [-0.15, -0.1) is 0 Å². The van der Waals surface area contributed by atoms with E-state index in [0.717, 1.165) is 33.6 Å². The first-order valence-corrected chi connectivity index (χ1v) is 22.5. The predicted molar refractivity (Wildman–Crippen MR) is 269 cm³/mol. The number of hydrogen-bond donors (Lipinski definition) is 0. The van der Waals surface area contributed by atoms with E-state index in [1.807, 2.05) is 6.07 Å². The molecule has 0 N–H and O–H groups in total. The van der Waals surface area contributed by atoms with Crippen molar-refractivity contribution in [3.05, 3.63) is 222 Å². The Morgan fingerprint density at radius 2 is 0.859 bits per heavy atom. The molecule has 0 saturated heterocycles. The lowest BCUT2D eigenvalue weighted by Crippen LogP contribution is -2.17. The van der Waals surface area contributed by atoms with Crippen LogP contribution in [0.4, 0.5) is 17.1 Å². The lowest BCUT2D eigenvalue weighted by atomic mass is 9.78. The van der Waals surface area contributed by atoms with E-state index in [0.29, 0.717) is 0 Å². The molecule has 0 radical (unpaired) electrons. The molecule has 0 amide bonds. The molecule has 10 aromatic carbocycles. The third-order valence-electron chi connectivity index (χ3n) is 14.6. The number of rotatable bonds is 5. The zero-order valence-corrected chi connectivity index (χ0v) is 36.4. The van der Waals surface area contributed by atoms with Gasteiger partial charge in [-0.1, -0.05) is 173 Å². The highest BCUT2D eigenvalue weighted by atomic mass is 16.3. The van der Waals surface area contributed by atoms with E-state index in [-0.39, 0.29) is 10.8 Å². The van der Waals surface area contributed by atoms with Crippen LogP contribution in [0.25, 0.3) is 88.0 Å². The molecule has 2 nitrogen and oxygen atoms in total. The zero-order chi connectivity index (χ0) is 42.9. The molecule has 11 aromatic rings. The maximum absolute atomic E-state index is 6.41. The molecule has 13 rings (SSSR count). The third kappa shape index (κ3) is 5.32. The summed E-state index contributed by atoms with van der Waals surface area (Å²) in [5.74, 6) is 0. The summed E-state index contributed by atoms with van der Waals surface area (Å²) >= 11 is 0. The van der Waals surface area contributed by atoms with Gasteiger partial charge in [-0.25, -0.2) is 0 Å². The minimum absolute atomic E-state index is 0.157. The highest BCUT2D eigenvalue weighted by Gasteiger charge is 2.39. The first kappa shape index (κ1) is 36.9. The molecule has 0 fully saturated rings. The Balaban J connectivity index is 0.942. The fraction of sp³-hybridized carbons (Fsp3) is 0.0968. The minimum atomic E-state index is -0.219.